The van der Waals surface area contributed by atoms with E-state index in [1.165, 1.54) is 6.07 Å². The second kappa shape index (κ2) is 8.59. The fourth-order valence-electron chi connectivity index (χ4n) is 2.67. The van der Waals surface area contributed by atoms with Crippen LogP contribution in [-0.2, 0) is 16.0 Å². The van der Waals surface area contributed by atoms with Gasteiger partial charge in [-0.25, -0.2) is 5.01 Å². The van der Waals surface area contributed by atoms with Crippen LogP contribution in [0.2, 0.25) is 0 Å². The molecule has 2 heterocycles. The van der Waals surface area contributed by atoms with Crippen molar-refractivity contribution in [3.63, 3.8) is 0 Å². The van der Waals surface area contributed by atoms with Gasteiger partial charge >= 0.3 is 0 Å². The monoisotopic (exact) mass is 358 g/mol. The number of aromatic nitrogens is 1. The van der Waals surface area contributed by atoms with Gasteiger partial charge in [-0.15, -0.1) is 0 Å². The maximum Gasteiger partial charge on any atom is 0.274 e. The van der Waals surface area contributed by atoms with Crippen LogP contribution >= 0.6 is 0 Å². The number of nitrogens with one attached hydrogen (secondary N) is 2. The number of benzene rings is 1. The standard InChI is InChI=1S/C18H22N4O4/c1-13-11-16(21-26-13)17(23)19-15(12-14-5-3-2-4-6-14)18(24)20-22-7-9-25-10-8-22/h2-6,11,15H,7-10,12H2,1H3,(H,19,23)(H,20,24)/t15-/m1/s1. The average molecular weight is 358 g/mol. The second-order valence-electron chi connectivity index (χ2n) is 6.11. The summed E-state index contributed by atoms with van der Waals surface area (Å²) in [6, 6.07) is 10.3. The Morgan fingerprint density at radius 1 is 1.23 bits per heavy atom. The molecule has 8 nitrogen and oxygen atoms in total. The van der Waals surface area contributed by atoms with Gasteiger partial charge in [-0.05, 0) is 12.5 Å². The van der Waals surface area contributed by atoms with Crippen LogP contribution in [0.1, 0.15) is 21.8 Å². The van der Waals surface area contributed by atoms with Crippen LogP contribution in [0.4, 0.5) is 0 Å². The van der Waals surface area contributed by atoms with Gasteiger partial charge in [0.2, 0.25) is 0 Å². The number of nitrogens with zero attached hydrogens (tertiary/aromatic N) is 2. The smallest absolute Gasteiger partial charge is 0.274 e. The first-order valence-electron chi connectivity index (χ1n) is 8.53. The summed E-state index contributed by atoms with van der Waals surface area (Å²) >= 11 is 0. The van der Waals surface area contributed by atoms with Crippen molar-refractivity contribution < 1.29 is 18.8 Å². The maximum absolute atomic E-state index is 12.7. The van der Waals surface area contributed by atoms with Gasteiger partial charge < -0.3 is 14.6 Å². The van der Waals surface area contributed by atoms with Crippen LogP contribution in [0.3, 0.4) is 0 Å². The third-order valence-electron chi connectivity index (χ3n) is 4.04. The summed E-state index contributed by atoms with van der Waals surface area (Å²) in [6.07, 6.45) is 0.375. The minimum atomic E-state index is -0.732. The minimum absolute atomic E-state index is 0.153. The van der Waals surface area contributed by atoms with E-state index in [-0.39, 0.29) is 11.6 Å². The average Bonchev–Trinajstić information content (AvgIpc) is 3.09. The summed E-state index contributed by atoms with van der Waals surface area (Å²) in [5.74, 6) is -0.184. The van der Waals surface area contributed by atoms with E-state index in [1.807, 2.05) is 30.3 Å². The van der Waals surface area contributed by atoms with E-state index >= 15 is 0 Å². The van der Waals surface area contributed by atoms with Crippen molar-refractivity contribution in [3.05, 3.63) is 53.4 Å². The molecule has 1 atom stereocenters. The summed E-state index contributed by atoms with van der Waals surface area (Å²) in [5, 5.41) is 8.26. The predicted molar refractivity (Wildman–Crippen MR) is 93.2 cm³/mol. The molecule has 3 rings (SSSR count). The van der Waals surface area contributed by atoms with Crippen LogP contribution in [0.15, 0.2) is 40.9 Å². The molecule has 2 aromatic rings. The molecular weight excluding hydrogens is 336 g/mol. The Labute approximate surface area is 151 Å². The van der Waals surface area contributed by atoms with Crippen molar-refractivity contribution in [2.75, 3.05) is 26.3 Å². The predicted octanol–water partition coefficient (Wildman–Crippen LogP) is 0.688. The van der Waals surface area contributed by atoms with Crippen LogP contribution < -0.4 is 10.7 Å². The summed E-state index contributed by atoms with van der Waals surface area (Å²) in [5.41, 5.74) is 3.96. The number of hydrogen-bond acceptors (Lipinski definition) is 6. The Morgan fingerprint density at radius 3 is 2.62 bits per heavy atom. The molecule has 1 aliphatic rings. The van der Waals surface area contributed by atoms with Crippen molar-refractivity contribution in [2.24, 2.45) is 0 Å². The molecule has 0 spiro atoms. The van der Waals surface area contributed by atoms with E-state index in [9.17, 15) is 9.59 Å². The first-order chi connectivity index (χ1) is 12.6. The van der Waals surface area contributed by atoms with Gasteiger partial charge in [0, 0.05) is 25.6 Å². The van der Waals surface area contributed by atoms with Crippen molar-refractivity contribution >= 4 is 11.8 Å². The third-order valence-corrected chi connectivity index (χ3v) is 4.04. The normalized spacial score (nSPS) is 16.0. The van der Waals surface area contributed by atoms with Crippen LogP contribution in [0, 0.1) is 6.92 Å². The first kappa shape index (κ1) is 18.1. The van der Waals surface area contributed by atoms with Crippen molar-refractivity contribution in [1.82, 2.24) is 20.9 Å². The fraction of sp³-hybridized carbons (Fsp3) is 0.389. The van der Waals surface area contributed by atoms with Gasteiger partial charge in [0.15, 0.2) is 5.69 Å². The third kappa shape index (κ3) is 4.90. The summed E-state index contributed by atoms with van der Waals surface area (Å²) in [4.78, 5) is 25.1. The van der Waals surface area contributed by atoms with Gasteiger partial charge in [0.25, 0.3) is 11.8 Å². The van der Waals surface area contributed by atoms with E-state index in [0.717, 1.165) is 5.56 Å². The number of aryl methyl sites for hydroxylation is 1. The Balaban J connectivity index is 1.69. The zero-order chi connectivity index (χ0) is 18.4. The highest BCUT2D eigenvalue weighted by molar-refractivity contribution is 5.96. The number of amides is 2. The molecule has 2 amide bonds. The van der Waals surface area contributed by atoms with Crippen LogP contribution in [-0.4, -0.2) is 54.3 Å². The highest BCUT2D eigenvalue weighted by Crippen LogP contribution is 2.07. The first-order valence-corrected chi connectivity index (χ1v) is 8.53. The molecule has 1 saturated heterocycles. The highest BCUT2D eigenvalue weighted by atomic mass is 16.5. The number of ether oxygens (including phenoxy) is 1. The lowest BCUT2D eigenvalue weighted by Gasteiger charge is -2.29. The molecule has 1 aromatic heterocycles. The van der Waals surface area contributed by atoms with E-state index in [2.05, 4.69) is 15.9 Å². The lowest BCUT2D eigenvalue weighted by molar-refractivity contribution is -0.129. The Bertz CT molecular complexity index is 741. The topological polar surface area (TPSA) is 96.7 Å². The molecule has 8 heteroatoms. The SMILES string of the molecule is Cc1cc(C(=O)N[C@H](Cc2ccccc2)C(=O)NN2CCOCC2)no1. The number of hydrazine groups is 1. The largest absolute Gasteiger partial charge is 0.379 e. The number of carbonyl (C=O) groups excluding carboxylic acids is 2. The molecule has 138 valence electrons. The molecule has 0 saturated carbocycles. The highest BCUT2D eigenvalue weighted by Gasteiger charge is 2.25. The zero-order valence-electron chi connectivity index (χ0n) is 14.6. The molecule has 0 unspecified atom stereocenters. The number of morpholine rings is 1. The van der Waals surface area contributed by atoms with Gasteiger partial charge in [-0.3, -0.25) is 15.0 Å². The number of hydrogen-bond donors (Lipinski definition) is 2. The van der Waals surface area contributed by atoms with Gasteiger partial charge in [0.05, 0.1) is 13.2 Å². The fourth-order valence-corrected chi connectivity index (χ4v) is 2.67. The molecule has 2 N–H and O–H groups in total. The van der Waals surface area contributed by atoms with Crippen LogP contribution in [0.5, 0.6) is 0 Å². The van der Waals surface area contributed by atoms with Gasteiger partial charge in [-0.1, -0.05) is 35.5 Å². The molecular formula is C18H22N4O4. The van der Waals surface area contributed by atoms with E-state index in [4.69, 9.17) is 9.26 Å². The molecule has 1 aliphatic heterocycles. The van der Waals surface area contributed by atoms with E-state index < -0.39 is 11.9 Å². The molecule has 1 fully saturated rings. The Morgan fingerprint density at radius 2 is 1.96 bits per heavy atom. The maximum atomic E-state index is 12.7. The van der Waals surface area contributed by atoms with Gasteiger partial charge in [0.1, 0.15) is 11.8 Å². The summed E-state index contributed by atoms with van der Waals surface area (Å²) in [6.45, 7) is 4.05. The number of carbonyl (C=O) groups is 2. The molecule has 0 aliphatic carbocycles. The van der Waals surface area contributed by atoms with Crippen molar-refractivity contribution in [3.8, 4) is 0 Å². The van der Waals surface area contributed by atoms with E-state index in [1.54, 1.807) is 11.9 Å². The van der Waals surface area contributed by atoms with E-state index in [0.29, 0.717) is 38.5 Å². The number of rotatable bonds is 6. The zero-order valence-corrected chi connectivity index (χ0v) is 14.6. The molecule has 26 heavy (non-hydrogen) atoms. The molecule has 0 radical (unpaired) electrons. The lowest BCUT2D eigenvalue weighted by atomic mass is 10.1. The quantitative estimate of drug-likeness (QED) is 0.789. The summed E-state index contributed by atoms with van der Waals surface area (Å²) < 4.78 is 10.2. The molecule has 1 aromatic carbocycles. The lowest BCUT2D eigenvalue weighted by Crippen LogP contribution is -2.55. The van der Waals surface area contributed by atoms with Crippen molar-refractivity contribution in [1.29, 1.82) is 0 Å². The Hall–Kier alpha value is -2.71. The summed E-state index contributed by atoms with van der Waals surface area (Å²) in [7, 11) is 0. The molecule has 0 bridgehead atoms. The Kier molecular flexibility index (Phi) is 5.98. The second-order valence-corrected chi connectivity index (χ2v) is 6.11. The van der Waals surface area contributed by atoms with Crippen molar-refractivity contribution in [2.45, 2.75) is 19.4 Å². The van der Waals surface area contributed by atoms with Crippen LogP contribution in [0.25, 0.3) is 0 Å². The van der Waals surface area contributed by atoms with Gasteiger partial charge in [-0.2, -0.15) is 0 Å². The minimum Gasteiger partial charge on any atom is -0.379 e.